The second-order valence-electron chi connectivity index (χ2n) is 4.96. The minimum Gasteiger partial charge on any atom is -0.335 e. The van der Waals surface area contributed by atoms with Crippen LogP contribution in [0.15, 0.2) is 12.4 Å². The highest BCUT2D eigenvalue weighted by atomic mass is 79.9. The number of aryl methyl sites for hydroxylation is 1. The summed E-state index contributed by atoms with van der Waals surface area (Å²) in [6.45, 7) is 9.98. The van der Waals surface area contributed by atoms with Crippen molar-refractivity contribution in [2.45, 2.75) is 51.9 Å². The second-order valence-corrected chi connectivity index (χ2v) is 6.52. The molecular weight excluding hydrogens is 252 g/mol. The molecule has 0 radical (unpaired) electrons. The van der Waals surface area contributed by atoms with E-state index in [1.165, 1.54) is 12.2 Å². The molecule has 0 aliphatic heterocycles. The highest BCUT2D eigenvalue weighted by Crippen LogP contribution is 2.29. The van der Waals surface area contributed by atoms with E-state index in [1.54, 1.807) is 0 Å². The lowest BCUT2D eigenvalue weighted by molar-refractivity contribution is 0.323. The molecule has 1 atom stereocenters. The van der Waals surface area contributed by atoms with Crippen LogP contribution in [0.1, 0.15) is 39.9 Å². The molecule has 0 amide bonds. The van der Waals surface area contributed by atoms with E-state index in [-0.39, 0.29) is 0 Å². The van der Waals surface area contributed by atoms with E-state index < -0.39 is 0 Å². The normalized spacial score (nSPS) is 14.2. The third-order valence-electron chi connectivity index (χ3n) is 2.61. The van der Waals surface area contributed by atoms with Gasteiger partial charge in [0.15, 0.2) is 0 Å². The molecule has 0 bridgehead atoms. The molecule has 0 saturated heterocycles. The Hall–Kier alpha value is -0.310. The summed E-state index contributed by atoms with van der Waals surface area (Å²) in [5.74, 6) is 1.20. The lowest BCUT2D eigenvalue weighted by atomic mass is 9.84. The monoisotopic (exact) mass is 272 g/mol. The van der Waals surface area contributed by atoms with Crippen molar-refractivity contribution in [2.75, 3.05) is 0 Å². The Kier molecular flexibility index (Phi) is 4.38. The molecule has 1 aromatic heterocycles. The summed E-state index contributed by atoms with van der Waals surface area (Å²) < 4.78 is 2.22. The highest BCUT2D eigenvalue weighted by Gasteiger charge is 2.22. The van der Waals surface area contributed by atoms with Crippen LogP contribution in [0.2, 0.25) is 0 Å². The van der Waals surface area contributed by atoms with E-state index in [1.807, 2.05) is 6.20 Å². The van der Waals surface area contributed by atoms with Crippen molar-refractivity contribution in [3.8, 4) is 0 Å². The maximum absolute atomic E-state index is 4.43. The highest BCUT2D eigenvalue weighted by molar-refractivity contribution is 9.09. The average molecular weight is 273 g/mol. The number of imidazole rings is 1. The molecule has 2 nitrogen and oxygen atoms in total. The smallest absolute Gasteiger partial charge is 0.109 e. The van der Waals surface area contributed by atoms with Crippen LogP contribution in [0.5, 0.6) is 0 Å². The molecular formula is C12H21BrN2. The lowest BCUT2D eigenvalue weighted by Gasteiger charge is -2.25. The van der Waals surface area contributed by atoms with E-state index in [9.17, 15) is 0 Å². The zero-order valence-electron chi connectivity index (χ0n) is 10.1. The third-order valence-corrected chi connectivity index (χ3v) is 2.94. The molecule has 0 aliphatic carbocycles. The van der Waals surface area contributed by atoms with Crippen molar-refractivity contribution in [3.05, 3.63) is 18.2 Å². The Morgan fingerprint density at radius 2 is 2.20 bits per heavy atom. The van der Waals surface area contributed by atoms with E-state index in [0.29, 0.717) is 10.2 Å². The number of alkyl halides is 1. The number of halogens is 1. The molecule has 0 aliphatic rings. The summed E-state index contributed by atoms with van der Waals surface area (Å²) >= 11 is 3.62. The predicted molar refractivity (Wildman–Crippen MR) is 68.4 cm³/mol. The Morgan fingerprint density at radius 3 is 2.73 bits per heavy atom. The van der Waals surface area contributed by atoms with Gasteiger partial charge in [-0.25, -0.2) is 4.98 Å². The summed E-state index contributed by atoms with van der Waals surface area (Å²) in [6, 6.07) is 0. The van der Waals surface area contributed by atoms with Gasteiger partial charge in [0.05, 0.1) is 0 Å². The Balaban J connectivity index is 2.68. The zero-order chi connectivity index (χ0) is 11.5. The topological polar surface area (TPSA) is 17.8 Å². The van der Waals surface area contributed by atoms with Crippen molar-refractivity contribution in [1.29, 1.82) is 0 Å². The molecule has 0 saturated carbocycles. The van der Waals surface area contributed by atoms with Gasteiger partial charge in [-0.1, -0.05) is 36.7 Å². The Morgan fingerprint density at radius 1 is 1.53 bits per heavy atom. The summed E-state index contributed by atoms with van der Waals surface area (Å²) in [6.07, 6.45) is 6.17. The van der Waals surface area contributed by atoms with Crippen LogP contribution in [-0.4, -0.2) is 14.4 Å². The molecule has 1 heterocycles. The van der Waals surface area contributed by atoms with Crippen LogP contribution < -0.4 is 0 Å². The van der Waals surface area contributed by atoms with Gasteiger partial charge in [0.1, 0.15) is 5.82 Å². The molecule has 1 aromatic rings. The number of rotatable bonds is 5. The van der Waals surface area contributed by atoms with Crippen LogP contribution in [0.25, 0.3) is 0 Å². The number of aromatic nitrogens is 2. The first-order valence-corrected chi connectivity index (χ1v) is 6.50. The SMILES string of the molecule is CCn1ccnc1CC(C)(C)CC(C)Br. The molecule has 0 fully saturated rings. The second kappa shape index (κ2) is 5.15. The molecule has 0 spiro atoms. The molecule has 15 heavy (non-hydrogen) atoms. The van der Waals surface area contributed by atoms with Crippen molar-refractivity contribution in [2.24, 2.45) is 5.41 Å². The van der Waals surface area contributed by atoms with Crippen LogP contribution in [0.3, 0.4) is 0 Å². The fourth-order valence-electron chi connectivity index (χ4n) is 2.06. The lowest BCUT2D eigenvalue weighted by Crippen LogP contribution is -2.21. The van der Waals surface area contributed by atoms with Crippen molar-refractivity contribution < 1.29 is 0 Å². The number of nitrogens with zero attached hydrogens (tertiary/aromatic N) is 2. The van der Waals surface area contributed by atoms with Gasteiger partial charge in [-0.05, 0) is 18.8 Å². The van der Waals surface area contributed by atoms with Crippen molar-refractivity contribution in [3.63, 3.8) is 0 Å². The maximum Gasteiger partial charge on any atom is 0.109 e. The van der Waals surface area contributed by atoms with Gasteiger partial charge in [-0.15, -0.1) is 0 Å². The molecule has 1 unspecified atom stereocenters. The Bertz CT molecular complexity index is 302. The number of hydrogen-bond acceptors (Lipinski definition) is 1. The standard InChI is InChI=1S/C12H21BrN2/c1-5-15-7-6-14-11(15)9-12(3,4)8-10(2)13/h6-7,10H,5,8-9H2,1-4H3. The minimum absolute atomic E-state index is 0.307. The van der Waals surface area contributed by atoms with Gasteiger partial charge in [0.2, 0.25) is 0 Å². The van der Waals surface area contributed by atoms with Gasteiger partial charge < -0.3 is 4.57 Å². The largest absolute Gasteiger partial charge is 0.335 e. The van der Waals surface area contributed by atoms with Crippen LogP contribution in [0.4, 0.5) is 0 Å². The van der Waals surface area contributed by atoms with Crippen molar-refractivity contribution >= 4 is 15.9 Å². The first-order chi connectivity index (χ1) is 6.94. The third kappa shape index (κ3) is 3.98. The quantitative estimate of drug-likeness (QED) is 0.749. The first kappa shape index (κ1) is 12.8. The number of hydrogen-bond donors (Lipinski definition) is 0. The van der Waals surface area contributed by atoms with Gasteiger partial charge in [0, 0.05) is 30.2 Å². The van der Waals surface area contributed by atoms with E-state index in [4.69, 9.17) is 0 Å². The van der Waals surface area contributed by atoms with Gasteiger partial charge in [0.25, 0.3) is 0 Å². The Labute approximate surface area is 101 Å². The molecule has 0 N–H and O–H groups in total. The fourth-order valence-corrected chi connectivity index (χ4v) is 2.93. The summed E-state index contributed by atoms with van der Waals surface area (Å²) in [7, 11) is 0. The molecule has 0 aromatic carbocycles. The van der Waals surface area contributed by atoms with E-state index in [0.717, 1.165) is 13.0 Å². The van der Waals surface area contributed by atoms with Crippen molar-refractivity contribution in [1.82, 2.24) is 9.55 Å². The van der Waals surface area contributed by atoms with Gasteiger partial charge in [-0.3, -0.25) is 0 Å². The van der Waals surface area contributed by atoms with E-state index in [2.05, 4.69) is 59.4 Å². The predicted octanol–water partition coefficient (Wildman–Crippen LogP) is 3.65. The maximum atomic E-state index is 4.43. The molecule has 3 heteroatoms. The molecule has 1 rings (SSSR count). The first-order valence-electron chi connectivity index (χ1n) is 5.58. The molecule has 86 valence electrons. The van der Waals surface area contributed by atoms with E-state index >= 15 is 0 Å². The summed E-state index contributed by atoms with van der Waals surface area (Å²) in [4.78, 5) is 4.99. The minimum atomic E-state index is 0.307. The van der Waals surface area contributed by atoms with Gasteiger partial charge in [-0.2, -0.15) is 0 Å². The summed E-state index contributed by atoms with van der Waals surface area (Å²) in [5, 5.41) is 0. The van der Waals surface area contributed by atoms with Crippen LogP contribution >= 0.6 is 15.9 Å². The average Bonchev–Trinajstić information content (AvgIpc) is 2.48. The van der Waals surface area contributed by atoms with Gasteiger partial charge >= 0.3 is 0 Å². The van der Waals surface area contributed by atoms with Crippen LogP contribution in [-0.2, 0) is 13.0 Å². The van der Waals surface area contributed by atoms with Crippen LogP contribution in [0, 0.1) is 5.41 Å². The zero-order valence-corrected chi connectivity index (χ0v) is 11.7. The fraction of sp³-hybridized carbons (Fsp3) is 0.750. The summed E-state index contributed by atoms with van der Waals surface area (Å²) in [5.41, 5.74) is 0.307.